The molecule has 0 unspecified atom stereocenters. The normalized spacial score (nSPS) is 10.4. The SMILES string of the molecule is Cc1cc(N)nn1-c1ccc(N)cn1. The average molecular weight is 189 g/mol. The van der Waals surface area contributed by atoms with Gasteiger partial charge in [-0.15, -0.1) is 5.10 Å². The molecule has 0 amide bonds. The molecule has 2 rings (SSSR count). The van der Waals surface area contributed by atoms with E-state index in [4.69, 9.17) is 11.5 Å². The van der Waals surface area contributed by atoms with E-state index in [1.807, 2.05) is 6.92 Å². The zero-order chi connectivity index (χ0) is 10.1. The van der Waals surface area contributed by atoms with Crippen molar-refractivity contribution in [3.05, 3.63) is 30.1 Å². The molecule has 0 aliphatic rings. The number of hydrogen-bond donors (Lipinski definition) is 2. The summed E-state index contributed by atoms with van der Waals surface area (Å²) in [6.45, 7) is 1.92. The number of aryl methyl sites for hydroxylation is 1. The summed E-state index contributed by atoms with van der Waals surface area (Å²) in [5.41, 5.74) is 12.7. The van der Waals surface area contributed by atoms with Gasteiger partial charge < -0.3 is 11.5 Å². The number of nitrogen functional groups attached to an aromatic ring is 2. The molecule has 0 aliphatic carbocycles. The number of nitrogens with zero attached hydrogens (tertiary/aromatic N) is 3. The summed E-state index contributed by atoms with van der Waals surface area (Å²) in [5, 5.41) is 4.10. The van der Waals surface area contributed by atoms with Gasteiger partial charge in [-0.1, -0.05) is 0 Å². The highest BCUT2D eigenvalue weighted by Crippen LogP contribution is 2.11. The Labute approximate surface area is 81.4 Å². The van der Waals surface area contributed by atoms with Crippen LogP contribution in [0, 0.1) is 6.92 Å². The highest BCUT2D eigenvalue weighted by Gasteiger charge is 2.04. The molecule has 14 heavy (non-hydrogen) atoms. The van der Waals surface area contributed by atoms with Crippen LogP contribution in [0.1, 0.15) is 5.69 Å². The second-order valence-corrected chi connectivity index (χ2v) is 3.07. The number of aromatic nitrogens is 3. The predicted octanol–water partition coefficient (Wildman–Crippen LogP) is 0.740. The second-order valence-electron chi connectivity index (χ2n) is 3.07. The van der Waals surface area contributed by atoms with Crippen LogP contribution >= 0.6 is 0 Å². The Bertz CT molecular complexity index is 443. The van der Waals surface area contributed by atoms with E-state index in [1.165, 1.54) is 0 Å². The lowest BCUT2D eigenvalue weighted by Crippen LogP contribution is -2.02. The Morgan fingerprint density at radius 3 is 2.57 bits per heavy atom. The Morgan fingerprint density at radius 1 is 1.29 bits per heavy atom. The van der Waals surface area contributed by atoms with E-state index >= 15 is 0 Å². The first-order chi connectivity index (χ1) is 6.66. The highest BCUT2D eigenvalue weighted by atomic mass is 15.3. The number of rotatable bonds is 1. The van der Waals surface area contributed by atoms with Gasteiger partial charge in [0, 0.05) is 11.8 Å². The van der Waals surface area contributed by atoms with E-state index in [9.17, 15) is 0 Å². The van der Waals surface area contributed by atoms with Gasteiger partial charge in [-0.05, 0) is 19.1 Å². The molecule has 2 aromatic rings. The van der Waals surface area contributed by atoms with Gasteiger partial charge in [-0.3, -0.25) is 0 Å². The maximum absolute atomic E-state index is 5.56. The van der Waals surface area contributed by atoms with E-state index in [0.29, 0.717) is 17.3 Å². The third-order valence-corrected chi connectivity index (χ3v) is 1.89. The minimum absolute atomic E-state index is 0.487. The van der Waals surface area contributed by atoms with E-state index in [1.54, 1.807) is 29.1 Å². The van der Waals surface area contributed by atoms with Crippen molar-refractivity contribution in [3.8, 4) is 5.82 Å². The van der Waals surface area contributed by atoms with Crippen molar-refractivity contribution >= 4 is 11.5 Å². The van der Waals surface area contributed by atoms with E-state index in [0.717, 1.165) is 5.69 Å². The van der Waals surface area contributed by atoms with Crippen LogP contribution in [0.5, 0.6) is 0 Å². The first kappa shape index (κ1) is 8.55. The van der Waals surface area contributed by atoms with Crippen LogP contribution in [0.25, 0.3) is 5.82 Å². The smallest absolute Gasteiger partial charge is 0.153 e. The van der Waals surface area contributed by atoms with Crippen molar-refractivity contribution in [2.45, 2.75) is 6.92 Å². The molecule has 0 radical (unpaired) electrons. The summed E-state index contributed by atoms with van der Waals surface area (Å²) >= 11 is 0. The summed E-state index contributed by atoms with van der Waals surface area (Å²) < 4.78 is 1.68. The molecule has 0 spiro atoms. The standard InChI is InChI=1S/C9H11N5/c1-6-4-8(11)13-14(6)9-3-2-7(10)5-12-9/h2-5H,10H2,1H3,(H2,11,13). The van der Waals surface area contributed by atoms with Gasteiger partial charge in [-0.25, -0.2) is 9.67 Å². The summed E-state index contributed by atoms with van der Waals surface area (Å²) in [6.07, 6.45) is 1.59. The van der Waals surface area contributed by atoms with Crippen LogP contribution in [0.4, 0.5) is 11.5 Å². The Kier molecular flexibility index (Phi) is 1.85. The van der Waals surface area contributed by atoms with Crippen molar-refractivity contribution in [1.29, 1.82) is 0 Å². The van der Waals surface area contributed by atoms with Crippen molar-refractivity contribution < 1.29 is 0 Å². The molecule has 0 aromatic carbocycles. The third-order valence-electron chi connectivity index (χ3n) is 1.89. The van der Waals surface area contributed by atoms with Gasteiger partial charge in [0.1, 0.15) is 5.82 Å². The molecular weight excluding hydrogens is 178 g/mol. The zero-order valence-electron chi connectivity index (χ0n) is 7.81. The monoisotopic (exact) mass is 189 g/mol. The van der Waals surface area contributed by atoms with Crippen molar-refractivity contribution in [3.63, 3.8) is 0 Å². The number of anilines is 2. The summed E-state index contributed by atoms with van der Waals surface area (Å²) in [5.74, 6) is 1.20. The Balaban J connectivity index is 2.49. The molecule has 0 fully saturated rings. The van der Waals surface area contributed by atoms with E-state index in [2.05, 4.69) is 10.1 Å². The molecule has 2 heterocycles. The fourth-order valence-electron chi connectivity index (χ4n) is 1.25. The molecule has 0 atom stereocenters. The van der Waals surface area contributed by atoms with Crippen molar-refractivity contribution in [2.24, 2.45) is 0 Å². The van der Waals surface area contributed by atoms with Crippen molar-refractivity contribution in [1.82, 2.24) is 14.8 Å². The number of pyridine rings is 1. The highest BCUT2D eigenvalue weighted by molar-refractivity contribution is 5.40. The number of nitrogens with two attached hydrogens (primary N) is 2. The fraction of sp³-hybridized carbons (Fsp3) is 0.111. The lowest BCUT2D eigenvalue weighted by molar-refractivity contribution is 0.822. The van der Waals surface area contributed by atoms with Gasteiger partial charge in [-0.2, -0.15) is 0 Å². The number of hydrogen-bond acceptors (Lipinski definition) is 4. The van der Waals surface area contributed by atoms with E-state index < -0.39 is 0 Å². The Morgan fingerprint density at radius 2 is 2.07 bits per heavy atom. The third kappa shape index (κ3) is 1.39. The molecule has 72 valence electrons. The van der Waals surface area contributed by atoms with Crippen LogP contribution in [0.15, 0.2) is 24.4 Å². The van der Waals surface area contributed by atoms with Gasteiger partial charge >= 0.3 is 0 Å². The second kappa shape index (κ2) is 3.02. The van der Waals surface area contributed by atoms with E-state index in [-0.39, 0.29) is 0 Å². The molecule has 2 aromatic heterocycles. The van der Waals surface area contributed by atoms with Gasteiger partial charge in [0.2, 0.25) is 0 Å². The summed E-state index contributed by atoms with van der Waals surface area (Å²) in [7, 11) is 0. The minimum atomic E-state index is 0.487. The molecule has 5 nitrogen and oxygen atoms in total. The van der Waals surface area contributed by atoms with Gasteiger partial charge in [0.05, 0.1) is 11.9 Å². The molecule has 0 aliphatic heterocycles. The molecule has 4 N–H and O–H groups in total. The quantitative estimate of drug-likeness (QED) is 0.693. The van der Waals surface area contributed by atoms with Crippen LogP contribution in [0.3, 0.4) is 0 Å². The van der Waals surface area contributed by atoms with Crippen LogP contribution < -0.4 is 11.5 Å². The largest absolute Gasteiger partial charge is 0.397 e. The zero-order valence-corrected chi connectivity index (χ0v) is 7.81. The summed E-state index contributed by atoms with van der Waals surface area (Å²) in [6, 6.07) is 5.37. The molecule has 0 saturated heterocycles. The first-order valence-corrected chi connectivity index (χ1v) is 4.21. The lowest BCUT2D eigenvalue weighted by atomic mass is 10.4. The summed E-state index contributed by atoms with van der Waals surface area (Å²) in [4.78, 5) is 4.14. The maximum Gasteiger partial charge on any atom is 0.153 e. The molecule has 0 bridgehead atoms. The Hall–Kier alpha value is -2.04. The fourth-order valence-corrected chi connectivity index (χ4v) is 1.25. The first-order valence-electron chi connectivity index (χ1n) is 4.21. The van der Waals surface area contributed by atoms with Crippen LogP contribution in [-0.2, 0) is 0 Å². The van der Waals surface area contributed by atoms with Gasteiger partial charge in [0.25, 0.3) is 0 Å². The predicted molar refractivity (Wildman–Crippen MR) is 54.9 cm³/mol. The van der Waals surface area contributed by atoms with Crippen molar-refractivity contribution in [2.75, 3.05) is 11.5 Å². The van der Waals surface area contributed by atoms with Crippen LogP contribution in [0.2, 0.25) is 0 Å². The van der Waals surface area contributed by atoms with Crippen LogP contribution in [-0.4, -0.2) is 14.8 Å². The van der Waals surface area contributed by atoms with Gasteiger partial charge in [0.15, 0.2) is 5.82 Å². The maximum atomic E-state index is 5.56. The molecule has 0 saturated carbocycles. The minimum Gasteiger partial charge on any atom is -0.397 e. The molecular formula is C9H11N5. The topological polar surface area (TPSA) is 82.8 Å². The molecule has 5 heteroatoms. The average Bonchev–Trinajstić information content (AvgIpc) is 2.47. The lowest BCUT2D eigenvalue weighted by Gasteiger charge is -2.02.